The van der Waals surface area contributed by atoms with Gasteiger partial charge >= 0.3 is 0 Å². The highest BCUT2D eigenvalue weighted by molar-refractivity contribution is 5.75. The van der Waals surface area contributed by atoms with Crippen molar-refractivity contribution < 1.29 is 4.79 Å². The van der Waals surface area contributed by atoms with Gasteiger partial charge in [-0.1, -0.05) is 5.92 Å². The fourth-order valence-electron chi connectivity index (χ4n) is 0.858. The van der Waals surface area contributed by atoms with E-state index in [1.54, 1.807) is 16.9 Å². The third kappa shape index (κ3) is 2.13. The lowest BCUT2D eigenvalue weighted by Gasteiger charge is -1.91. The third-order valence-electron chi connectivity index (χ3n) is 1.30. The van der Waals surface area contributed by atoms with Crippen LogP contribution < -0.4 is 5.73 Å². The molecule has 12 heavy (non-hydrogen) atoms. The second-order valence-electron chi connectivity index (χ2n) is 2.35. The number of amides is 1. The first-order chi connectivity index (χ1) is 5.72. The van der Waals surface area contributed by atoms with Crippen molar-refractivity contribution in [2.24, 2.45) is 5.73 Å². The van der Waals surface area contributed by atoms with Crippen LogP contribution >= 0.6 is 0 Å². The zero-order chi connectivity index (χ0) is 8.97. The molecule has 0 fully saturated rings. The Labute approximate surface area is 70.4 Å². The largest absolute Gasteiger partial charge is 0.369 e. The molecule has 2 N–H and O–H groups in total. The van der Waals surface area contributed by atoms with E-state index in [-0.39, 0.29) is 12.3 Å². The maximum absolute atomic E-state index is 10.5. The minimum atomic E-state index is -0.388. The second-order valence-corrected chi connectivity index (χ2v) is 2.35. The van der Waals surface area contributed by atoms with Crippen LogP contribution in [0.5, 0.6) is 0 Å². The predicted octanol–water partition coefficient (Wildman–Crippen LogP) is -0.456. The molecule has 4 heteroatoms. The number of carbonyl (C=O) groups is 1. The minimum absolute atomic E-state index is 0.164. The van der Waals surface area contributed by atoms with Crippen LogP contribution in [0.4, 0.5) is 0 Å². The van der Waals surface area contributed by atoms with E-state index in [4.69, 9.17) is 12.2 Å². The Morgan fingerprint density at radius 1 is 1.83 bits per heavy atom. The van der Waals surface area contributed by atoms with E-state index in [0.29, 0.717) is 12.2 Å². The molecule has 0 radical (unpaired) electrons. The van der Waals surface area contributed by atoms with Gasteiger partial charge in [0.2, 0.25) is 5.91 Å². The molecule has 1 aromatic heterocycles. The van der Waals surface area contributed by atoms with Gasteiger partial charge in [0.25, 0.3) is 0 Å². The molecule has 0 atom stereocenters. The first kappa shape index (κ1) is 8.34. The number of hydrogen-bond donors (Lipinski definition) is 1. The van der Waals surface area contributed by atoms with Crippen molar-refractivity contribution in [3.8, 4) is 12.3 Å². The number of aromatic nitrogens is 2. The van der Waals surface area contributed by atoms with Crippen LogP contribution in [0.1, 0.15) is 5.69 Å². The summed E-state index contributed by atoms with van der Waals surface area (Å²) in [5.41, 5.74) is 5.63. The molecule has 1 rings (SSSR count). The summed E-state index contributed by atoms with van der Waals surface area (Å²) < 4.78 is 1.58. The van der Waals surface area contributed by atoms with Crippen molar-refractivity contribution in [1.82, 2.24) is 9.78 Å². The lowest BCUT2D eigenvalue weighted by molar-refractivity contribution is -0.117. The van der Waals surface area contributed by atoms with Crippen molar-refractivity contribution in [3.63, 3.8) is 0 Å². The molecule has 0 aliphatic rings. The van der Waals surface area contributed by atoms with Crippen molar-refractivity contribution in [2.75, 3.05) is 0 Å². The molecule has 0 aliphatic heterocycles. The summed E-state index contributed by atoms with van der Waals surface area (Å²) in [5, 5.41) is 4.01. The highest BCUT2D eigenvalue weighted by atomic mass is 16.1. The van der Waals surface area contributed by atoms with Crippen LogP contribution in [0.25, 0.3) is 0 Å². The summed E-state index contributed by atoms with van der Waals surface area (Å²) in [6.45, 7) is 0.415. The molecule has 0 saturated heterocycles. The van der Waals surface area contributed by atoms with Crippen LogP contribution in [0, 0.1) is 12.3 Å². The minimum Gasteiger partial charge on any atom is -0.369 e. The number of nitrogens with zero attached hydrogens (tertiary/aromatic N) is 2. The van der Waals surface area contributed by atoms with Crippen molar-refractivity contribution in [1.29, 1.82) is 0 Å². The molecule has 62 valence electrons. The summed E-state index contributed by atoms with van der Waals surface area (Å²) in [6, 6.07) is 1.72. The van der Waals surface area contributed by atoms with Crippen molar-refractivity contribution >= 4 is 5.91 Å². The van der Waals surface area contributed by atoms with Gasteiger partial charge in [0.05, 0.1) is 12.1 Å². The van der Waals surface area contributed by atoms with Crippen LogP contribution in [-0.2, 0) is 17.8 Å². The Morgan fingerprint density at radius 2 is 2.58 bits per heavy atom. The smallest absolute Gasteiger partial charge is 0.223 e. The van der Waals surface area contributed by atoms with Gasteiger partial charge in [0, 0.05) is 6.20 Å². The molecule has 1 heterocycles. The van der Waals surface area contributed by atoms with Crippen molar-refractivity contribution in [3.05, 3.63) is 18.0 Å². The molecule has 0 spiro atoms. The lowest BCUT2D eigenvalue weighted by atomic mass is 10.3. The van der Waals surface area contributed by atoms with Gasteiger partial charge in [-0.25, -0.2) is 0 Å². The van der Waals surface area contributed by atoms with Crippen LogP contribution in [0.3, 0.4) is 0 Å². The molecule has 1 amide bonds. The van der Waals surface area contributed by atoms with Gasteiger partial charge in [-0.2, -0.15) is 5.10 Å². The van der Waals surface area contributed by atoms with Gasteiger partial charge in [-0.15, -0.1) is 6.42 Å². The lowest BCUT2D eigenvalue weighted by Crippen LogP contribution is -2.14. The molecule has 0 aromatic carbocycles. The quantitative estimate of drug-likeness (QED) is 0.613. The van der Waals surface area contributed by atoms with Crippen LogP contribution in [0.15, 0.2) is 12.3 Å². The second kappa shape index (κ2) is 3.58. The number of carbonyl (C=O) groups excluding carboxylic acids is 1. The molecular formula is C8H9N3O. The fraction of sp³-hybridized carbons (Fsp3) is 0.250. The Kier molecular flexibility index (Phi) is 2.49. The van der Waals surface area contributed by atoms with Gasteiger partial charge in [0.15, 0.2) is 0 Å². The van der Waals surface area contributed by atoms with Crippen molar-refractivity contribution in [2.45, 2.75) is 13.0 Å². The fourth-order valence-corrected chi connectivity index (χ4v) is 0.858. The normalized spacial score (nSPS) is 9.25. The maximum atomic E-state index is 10.5. The Bertz CT molecular complexity index is 321. The number of primary amides is 1. The van der Waals surface area contributed by atoms with E-state index in [1.165, 1.54) is 0 Å². The summed E-state index contributed by atoms with van der Waals surface area (Å²) in [6.07, 6.45) is 6.95. The van der Waals surface area contributed by atoms with Gasteiger partial charge in [-0.3, -0.25) is 9.48 Å². The van der Waals surface area contributed by atoms with E-state index in [1.807, 2.05) is 0 Å². The van der Waals surface area contributed by atoms with Crippen LogP contribution in [-0.4, -0.2) is 15.7 Å². The van der Waals surface area contributed by atoms with Gasteiger partial charge < -0.3 is 5.73 Å². The van der Waals surface area contributed by atoms with E-state index in [2.05, 4.69) is 11.0 Å². The maximum Gasteiger partial charge on any atom is 0.223 e. The average Bonchev–Trinajstić information content (AvgIpc) is 2.36. The summed E-state index contributed by atoms with van der Waals surface area (Å²) >= 11 is 0. The Morgan fingerprint density at radius 3 is 3.17 bits per heavy atom. The van der Waals surface area contributed by atoms with Gasteiger partial charge in [-0.05, 0) is 6.07 Å². The Hall–Kier alpha value is -1.76. The highest BCUT2D eigenvalue weighted by Gasteiger charge is 2.01. The molecule has 4 nitrogen and oxygen atoms in total. The SMILES string of the molecule is C#CCn1ccc(CC(N)=O)n1. The molecule has 1 aromatic rings. The molecule has 0 aliphatic carbocycles. The molecule has 0 saturated carbocycles. The predicted molar refractivity (Wildman–Crippen MR) is 44.0 cm³/mol. The third-order valence-corrected chi connectivity index (χ3v) is 1.30. The van der Waals surface area contributed by atoms with E-state index >= 15 is 0 Å². The summed E-state index contributed by atoms with van der Waals surface area (Å²) in [4.78, 5) is 10.5. The number of nitrogens with two attached hydrogens (primary N) is 1. The zero-order valence-electron chi connectivity index (χ0n) is 6.53. The highest BCUT2D eigenvalue weighted by Crippen LogP contribution is 1.95. The first-order valence-corrected chi connectivity index (χ1v) is 3.46. The number of terminal acetylenes is 1. The number of rotatable bonds is 3. The molecular weight excluding hydrogens is 154 g/mol. The van der Waals surface area contributed by atoms with Gasteiger partial charge in [0.1, 0.15) is 6.54 Å². The summed E-state index contributed by atoms with van der Waals surface area (Å²) in [7, 11) is 0. The topological polar surface area (TPSA) is 60.9 Å². The standard InChI is InChI=1S/C8H9N3O/c1-2-4-11-5-3-7(10-11)6-8(9)12/h1,3,5H,4,6H2,(H2,9,12). The van der Waals surface area contributed by atoms with E-state index in [0.717, 1.165) is 0 Å². The average molecular weight is 163 g/mol. The zero-order valence-corrected chi connectivity index (χ0v) is 6.53. The van der Waals surface area contributed by atoms with Crippen LogP contribution in [0.2, 0.25) is 0 Å². The Balaban J connectivity index is 2.65. The van der Waals surface area contributed by atoms with E-state index < -0.39 is 0 Å². The molecule has 0 bridgehead atoms. The first-order valence-electron chi connectivity index (χ1n) is 3.46. The number of hydrogen-bond acceptors (Lipinski definition) is 2. The summed E-state index contributed by atoms with van der Waals surface area (Å²) in [5.74, 6) is 2.05. The monoisotopic (exact) mass is 163 g/mol. The molecule has 0 unspecified atom stereocenters. The van der Waals surface area contributed by atoms with E-state index in [9.17, 15) is 4.79 Å².